The standard InChI is InChI=1S/C17H18N4O2/c1-11-8-12(2)21(20-11)14-5-3-4-13(9-14)19-17(22)15-6-7-23-16(15)10-18/h3-9H,10,18H2,1-2H3,(H,19,22). The Morgan fingerprint density at radius 3 is 2.83 bits per heavy atom. The van der Waals surface area contributed by atoms with Gasteiger partial charge < -0.3 is 15.5 Å². The van der Waals surface area contributed by atoms with E-state index in [4.69, 9.17) is 10.2 Å². The highest BCUT2D eigenvalue weighted by atomic mass is 16.3. The zero-order valence-electron chi connectivity index (χ0n) is 13.0. The summed E-state index contributed by atoms with van der Waals surface area (Å²) in [6.45, 7) is 4.12. The predicted octanol–water partition coefficient (Wildman–Crippen LogP) is 2.79. The van der Waals surface area contributed by atoms with Crippen molar-refractivity contribution in [3.63, 3.8) is 0 Å². The largest absolute Gasteiger partial charge is 0.467 e. The molecule has 3 aromatic rings. The molecule has 0 atom stereocenters. The summed E-state index contributed by atoms with van der Waals surface area (Å²) in [6.07, 6.45) is 1.46. The van der Waals surface area contributed by atoms with Crippen LogP contribution in [-0.2, 0) is 6.54 Å². The van der Waals surface area contributed by atoms with Crippen LogP contribution < -0.4 is 11.1 Å². The third-order valence-corrected chi connectivity index (χ3v) is 3.53. The van der Waals surface area contributed by atoms with Gasteiger partial charge >= 0.3 is 0 Å². The van der Waals surface area contributed by atoms with E-state index < -0.39 is 0 Å². The maximum absolute atomic E-state index is 12.3. The summed E-state index contributed by atoms with van der Waals surface area (Å²) < 4.78 is 7.03. The summed E-state index contributed by atoms with van der Waals surface area (Å²) in [5, 5.41) is 7.31. The van der Waals surface area contributed by atoms with Crippen LogP contribution in [0.25, 0.3) is 5.69 Å². The van der Waals surface area contributed by atoms with Crippen LogP contribution in [0.1, 0.15) is 27.5 Å². The number of aryl methyl sites for hydroxylation is 2. The Bertz CT molecular complexity index is 848. The van der Waals surface area contributed by atoms with E-state index in [0.717, 1.165) is 17.1 Å². The van der Waals surface area contributed by atoms with E-state index in [1.807, 2.05) is 48.9 Å². The highest BCUT2D eigenvalue weighted by Crippen LogP contribution is 2.18. The molecule has 0 unspecified atom stereocenters. The van der Waals surface area contributed by atoms with Crippen LogP contribution in [0.4, 0.5) is 5.69 Å². The Hall–Kier alpha value is -2.86. The van der Waals surface area contributed by atoms with Gasteiger partial charge in [-0.3, -0.25) is 4.79 Å². The van der Waals surface area contributed by atoms with Gasteiger partial charge in [-0.25, -0.2) is 4.68 Å². The number of hydrogen-bond acceptors (Lipinski definition) is 4. The summed E-state index contributed by atoms with van der Waals surface area (Å²) in [7, 11) is 0. The number of hydrogen-bond donors (Lipinski definition) is 2. The fourth-order valence-electron chi connectivity index (χ4n) is 2.51. The first-order valence-electron chi connectivity index (χ1n) is 7.30. The lowest BCUT2D eigenvalue weighted by Gasteiger charge is -2.09. The lowest BCUT2D eigenvalue weighted by atomic mass is 10.2. The number of furan rings is 1. The number of nitrogens with two attached hydrogens (primary N) is 1. The van der Waals surface area contributed by atoms with Crippen molar-refractivity contribution in [2.24, 2.45) is 5.73 Å². The number of aromatic nitrogens is 2. The van der Waals surface area contributed by atoms with Crippen LogP contribution in [-0.4, -0.2) is 15.7 Å². The number of carbonyl (C=O) groups excluding carboxylic acids is 1. The number of nitrogens with zero attached hydrogens (tertiary/aromatic N) is 2. The first-order chi connectivity index (χ1) is 11.1. The number of benzene rings is 1. The third kappa shape index (κ3) is 3.02. The van der Waals surface area contributed by atoms with Gasteiger partial charge in [-0.2, -0.15) is 5.10 Å². The Kier molecular flexibility index (Phi) is 3.99. The van der Waals surface area contributed by atoms with Gasteiger partial charge in [0.05, 0.1) is 29.8 Å². The molecule has 118 valence electrons. The molecule has 0 fully saturated rings. The summed E-state index contributed by atoms with van der Waals surface area (Å²) >= 11 is 0. The molecule has 0 radical (unpaired) electrons. The summed E-state index contributed by atoms with van der Waals surface area (Å²) in [5.74, 6) is 0.224. The van der Waals surface area contributed by atoms with Crippen molar-refractivity contribution in [3.05, 3.63) is 65.4 Å². The molecule has 0 saturated carbocycles. The van der Waals surface area contributed by atoms with E-state index in [0.29, 0.717) is 17.0 Å². The van der Waals surface area contributed by atoms with Crippen molar-refractivity contribution >= 4 is 11.6 Å². The number of nitrogens with one attached hydrogen (secondary N) is 1. The van der Waals surface area contributed by atoms with Crippen molar-refractivity contribution in [2.45, 2.75) is 20.4 Å². The molecule has 0 aliphatic heterocycles. The SMILES string of the molecule is Cc1cc(C)n(-c2cccc(NC(=O)c3ccoc3CN)c2)n1. The van der Waals surface area contributed by atoms with Crippen molar-refractivity contribution in [1.29, 1.82) is 0 Å². The van der Waals surface area contributed by atoms with E-state index in [9.17, 15) is 4.79 Å². The molecule has 3 N–H and O–H groups in total. The minimum atomic E-state index is -0.246. The van der Waals surface area contributed by atoms with Crippen LogP contribution in [0, 0.1) is 13.8 Å². The normalized spacial score (nSPS) is 10.7. The van der Waals surface area contributed by atoms with Crippen LogP contribution in [0.3, 0.4) is 0 Å². The molecule has 0 bridgehead atoms. The van der Waals surface area contributed by atoms with E-state index in [-0.39, 0.29) is 12.5 Å². The molecule has 6 heteroatoms. The Morgan fingerprint density at radius 2 is 2.13 bits per heavy atom. The second-order valence-corrected chi connectivity index (χ2v) is 5.30. The second-order valence-electron chi connectivity index (χ2n) is 5.30. The highest BCUT2D eigenvalue weighted by Gasteiger charge is 2.14. The number of amides is 1. The number of rotatable bonds is 4. The van der Waals surface area contributed by atoms with Gasteiger partial charge in [0.15, 0.2) is 0 Å². The van der Waals surface area contributed by atoms with Gasteiger partial charge in [-0.1, -0.05) is 6.07 Å². The van der Waals surface area contributed by atoms with Crippen LogP contribution in [0.5, 0.6) is 0 Å². The van der Waals surface area contributed by atoms with Crippen molar-refractivity contribution in [1.82, 2.24) is 9.78 Å². The van der Waals surface area contributed by atoms with Gasteiger partial charge in [0.2, 0.25) is 0 Å². The first-order valence-corrected chi connectivity index (χ1v) is 7.30. The molecular formula is C17H18N4O2. The maximum Gasteiger partial charge on any atom is 0.259 e. The van der Waals surface area contributed by atoms with E-state index in [1.165, 1.54) is 6.26 Å². The van der Waals surface area contributed by atoms with E-state index >= 15 is 0 Å². The van der Waals surface area contributed by atoms with Crippen molar-refractivity contribution in [3.8, 4) is 5.69 Å². The molecule has 0 aliphatic carbocycles. The summed E-state index contributed by atoms with van der Waals surface area (Å²) in [4.78, 5) is 12.3. The Labute approximate surface area is 133 Å². The van der Waals surface area contributed by atoms with Gasteiger partial charge in [0.1, 0.15) is 5.76 Å². The van der Waals surface area contributed by atoms with E-state index in [2.05, 4.69) is 10.4 Å². The van der Waals surface area contributed by atoms with Gasteiger partial charge in [0.25, 0.3) is 5.91 Å². The van der Waals surface area contributed by atoms with Crippen LogP contribution in [0.2, 0.25) is 0 Å². The zero-order valence-corrected chi connectivity index (χ0v) is 13.0. The molecule has 1 aromatic carbocycles. The molecule has 6 nitrogen and oxygen atoms in total. The smallest absolute Gasteiger partial charge is 0.259 e. The number of anilines is 1. The van der Waals surface area contributed by atoms with Gasteiger partial charge in [0, 0.05) is 11.4 Å². The molecule has 2 aromatic heterocycles. The van der Waals surface area contributed by atoms with E-state index in [1.54, 1.807) is 6.07 Å². The zero-order chi connectivity index (χ0) is 16.4. The van der Waals surface area contributed by atoms with Gasteiger partial charge in [-0.05, 0) is 44.2 Å². The highest BCUT2D eigenvalue weighted by molar-refractivity contribution is 6.05. The molecule has 3 rings (SSSR count). The molecule has 0 aliphatic rings. The van der Waals surface area contributed by atoms with Crippen molar-refractivity contribution < 1.29 is 9.21 Å². The fourth-order valence-corrected chi connectivity index (χ4v) is 2.51. The third-order valence-electron chi connectivity index (χ3n) is 3.53. The monoisotopic (exact) mass is 310 g/mol. The fraction of sp³-hybridized carbons (Fsp3) is 0.176. The minimum absolute atomic E-state index is 0.182. The first kappa shape index (κ1) is 15.1. The topological polar surface area (TPSA) is 86.1 Å². The Morgan fingerprint density at radius 1 is 1.30 bits per heavy atom. The predicted molar refractivity (Wildman–Crippen MR) is 87.6 cm³/mol. The second kappa shape index (κ2) is 6.10. The number of carbonyl (C=O) groups is 1. The lowest BCUT2D eigenvalue weighted by Crippen LogP contribution is -2.14. The molecule has 1 amide bonds. The molecule has 0 spiro atoms. The quantitative estimate of drug-likeness (QED) is 0.776. The molecule has 2 heterocycles. The molecule has 23 heavy (non-hydrogen) atoms. The summed E-state index contributed by atoms with van der Waals surface area (Å²) in [5.41, 5.74) is 9.56. The average molecular weight is 310 g/mol. The van der Waals surface area contributed by atoms with Crippen LogP contribution >= 0.6 is 0 Å². The maximum atomic E-state index is 12.3. The molecular weight excluding hydrogens is 292 g/mol. The minimum Gasteiger partial charge on any atom is -0.467 e. The lowest BCUT2D eigenvalue weighted by molar-refractivity contribution is 0.102. The van der Waals surface area contributed by atoms with Gasteiger partial charge in [-0.15, -0.1) is 0 Å². The van der Waals surface area contributed by atoms with Crippen LogP contribution in [0.15, 0.2) is 47.1 Å². The Balaban J connectivity index is 1.86. The average Bonchev–Trinajstić information content (AvgIpc) is 3.13. The van der Waals surface area contributed by atoms with Crippen molar-refractivity contribution in [2.75, 3.05) is 5.32 Å². The molecule has 0 saturated heterocycles. The summed E-state index contributed by atoms with van der Waals surface area (Å²) in [6, 6.07) is 11.1.